The molecule has 1 N–H and O–H groups in total. The highest BCUT2D eigenvalue weighted by Crippen LogP contribution is 2.19. The van der Waals surface area contributed by atoms with Gasteiger partial charge in [-0.2, -0.15) is 0 Å². The molecule has 0 atom stereocenters. The van der Waals surface area contributed by atoms with E-state index in [9.17, 15) is 14.4 Å². The second kappa shape index (κ2) is 10.1. The van der Waals surface area contributed by atoms with Gasteiger partial charge >= 0.3 is 11.9 Å². The first-order valence-electron chi connectivity index (χ1n) is 8.90. The van der Waals surface area contributed by atoms with Crippen molar-refractivity contribution >= 4 is 23.5 Å². The quantitative estimate of drug-likeness (QED) is 0.700. The van der Waals surface area contributed by atoms with Crippen molar-refractivity contribution in [1.82, 2.24) is 0 Å². The van der Waals surface area contributed by atoms with Crippen LogP contribution in [0.2, 0.25) is 0 Å². The van der Waals surface area contributed by atoms with Crippen LogP contribution in [0.15, 0.2) is 48.5 Å². The molecule has 0 bridgehead atoms. The van der Waals surface area contributed by atoms with Crippen molar-refractivity contribution in [2.24, 2.45) is 0 Å². The lowest BCUT2D eigenvalue weighted by molar-refractivity contribution is -0.119. The van der Waals surface area contributed by atoms with Gasteiger partial charge in [-0.3, -0.25) is 4.79 Å². The Labute approximate surface area is 163 Å². The highest BCUT2D eigenvalue weighted by Gasteiger charge is 2.15. The molecule has 7 heteroatoms. The molecule has 2 aromatic rings. The minimum atomic E-state index is -0.647. The Bertz CT molecular complexity index is 829. The third-order valence-corrected chi connectivity index (χ3v) is 3.49. The van der Waals surface area contributed by atoms with E-state index in [1.807, 2.05) is 6.92 Å². The molecule has 0 aliphatic rings. The van der Waals surface area contributed by atoms with E-state index in [1.165, 1.54) is 0 Å². The Balaban J connectivity index is 1.89. The van der Waals surface area contributed by atoms with Gasteiger partial charge in [0.15, 0.2) is 6.61 Å². The fourth-order valence-corrected chi connectivity index (χ4v) is 2.29. The summed E-state index contributed by atoms with van der Waals surface area (Å²) in [6.07, 6.45) is -0.213. The summed E-state index contributed by atoms with van der Waals surface area (Å²) in [6, 6.07) is 12.9. The van der Waals surface area contributed by atoms with E-state index in [0.717, 1.165) is 0 Å². The van der Waals surface area contributed by atoms with Crippen molar-refractivity contribution in [1.29, 1.82) is 0 Å². The molecule has 2 aromatic carbocycles. The molecule has 0 unspecified atom stereocenters. The lowest BCUT2D eigenvalue weighted by Crippen LogP contribution is -2.21. The van der Waals surface area contributed by atoms with Gasteiger partial charge in [0.2, 0.25) is 0 Å². The molecule has 0 saturated carbocycles. The molecule has 0 heterocycles. The third-order valence-electron chi connectivity index (χ3n) is 3.49. The molecule has 0 saturated heterocycles. The van der Waals surface area contributed by atoms with Crippen molar-refractivity contribution in [3.8, 4) is 5.75 Å². The number of rotatable bonds is 8. The van der Waals surface area contributed by atoms with Crippen LogP contribution in [0.3, 0.4) is 0 Å². The van der Waals surface area contributed by atoms with E-state index in [1.54, 1.807) is 62.4 Å². The largest absolute Gasteiger partial charge is 0.493 e. The summed E-state index contributed by atoms with van der Waals surface area (Å²) in [7, 11) is 0. The number of hydrogen-bond donors (Lipinski definition) is 1. The number of benzene rings is 2. The Morgan fingerprint density at radius 1 is 0.964 bits per heavy atom. The van der Waals surface area contributed by atoms with Gasteiger partial charge in [-0.05, 0) is 57.2 Å². The molecule has 0 aliphatic carbocycles. The smallest absolute Gasteiger partial charge is 0.342 e. The Hall–Kier alpha value is -3.35. The van der Waals surface area contributed by atoms with Crippen LogP contribution in [-0.2, 0) is 14.3 Å². The van der Waals surface area contributed by atoms with E-state index in [0.29, 0.717) is 23.6 Å². The van der Waals surface area contributed by atoms with Crippen molar-refractivity contribution < 1.29 is 28.6 Å². The van der Waals surface area contributed by atoms with E-state index in [2.05, 4.69) is 5.32 Å². The van der Waals surface area contributed by atoms with Crippen LogP contribution in [0.25, 0.3) is 0 Å². The van der Waals surface area contributed by atoms with Crippen molar-refractivity contribution in [2.75, 3.05) is 18.5 Å². The van der Waals surface area contributed by atoms with Crippen LogP contribution in [0.1, 0.15) is 41.5 Å². The summed E-state index contributed by atoms with van der Waals surface area (Å²) in [4.78, 5) is 36.0. The molecule has 0 aromatic heterocycles. The van der Waals surface area contributed by atoms with Crippen LogP contribution < -0.4 is 10.1 Å². The molecule has 0 radical (unpaired) electrons. The second-order valence-electron chi connectivity index (χ2n) is 6.08. The van der Waals surface area contributed by atoms with Crippen molar-refractivity contribution in [2.45, 2.75) is 26.9 Å². The van der Waals surface area contributed by atoms with Gasteiger partial charge < -0.3 is 19.5 Å². The maximum Gasteiger partial charge on any atom is 0.342 e. The first kappa shape index (κ1) is 21.0. The molecule has 7 nitrogen and oxygen atoms in total. The summed E-state index contributed by atoms with van der Waals surface area (Å²) in [5, 5.41) is 2.60. The molecule has 0 spiro atoms. The van der Waals surface area contributed by atoms with Crippen LogP contribution >= 0.6 is 0 Å². The molecule has 28 heavy (non-hydrogen) atoms. The number of amides is 1. The van der Waals surface area contributed by atoms with Gasteiger partial charge in [-0.15, -0.1) is 0 Å². The Kier molecular flexibility index (Phi) is 7.56. The lowest BCUT2D eigenvalue weighted by Gasteiger charge is -2.11. The standard InChI is InChI=1S/C21H23NO6/c1-4-26-18-8-6-5-7-17(18)21(25)27-13-19(23)22-16-11-9-15(10-12-16)20(24)28-14(2)3/h5-12,14H,4,13H2,1-3H3,(H,22,23). The van der Waals surface area contributed by atoms with Gasteiger partial charge in [0, 0.05) is 5.69 Å². The predicted molar refractivity (Wildman–Crippen MR) is 104 cm³/mol. The number of para-hydroxylation sites is 1. The monoisotopic (exact) mass is 385 g/mol. The molecule has 0 fully saturated rings. The number of ether oxygens (including phenoxy) is 3. The maximum absolute atomic E-state index is 12.2. The van der Waals surface area contributed by atoms with Gasteiger partial charge in [-0.25, -0.2) is 9.59 Å². The predicted octanol–water partition coefficient (Wildman–Crippen LogP) is 3.45. The molecule has 0 aliphatic heterocycles. The minimum Gasteiger partial charge on any atom is -0.493 e. The normalized spacial score (nSPS) is 10.3. The zero-order valence-electron chi connectivity index (χ0n) is 16.1. The molecular formula is C21H23NO6. The molecule has 148 valence electrons. The fourth-order valence-electron chi connectivity index (χ4n) is 2.29. The number of carbonyl (C=O) groups excluding carboxylic acids is 3. The summed E-state index contributed by atoms with van der Waals surface area (Å²) >= 11 is 0. The maximum atomic E-state index is 12.2. The van der Waals surface area contributed by atoms with Gasteiger partial charge in [0.25, 0.3) is 5.91 Å². The van der Waals surface area contributed by atoms with E-state index in [-0.39, 0.29) is 11.7 Å². The SMILES string of the molecule is CCOc1ccccc1C(=O)OCC(=O)Nc1ccc(C(=O)OC(C)C)cc1. The summed E-state index contributed by atoms with van der Waals surface area (Å²) < 4.78 is 15.5. The van der Waals surface area contributed by atoms with E-state index >= 15 is 0 Å². The summed E-state index contributed by atoms with van der Waals surface area (Å²) in [5.74, 6) is -1.18. The summed E-state index contributed by atoms with van der Waals surface area (Å²) in [5.41, 5.74) is 1.10. The topological polar surface area (TPSA) is 90.9 Å². The van der Waals surface area contributed by atoms with Crippen molar-refractivity contribution in [3.63, 3.8) is 0 Å². The van der Waals surface area contributed by atoms with Crippen LogP contribution in [0, 0.1) is 0 Å². The van der Waals surface area contributed by atoms with Gasteiger partial charge in [-0.1, -0.05) is 12.1 Å². The fraction of sp³-hybridized carbons (Fsp3) is 0.286. The number of anilines is 1. The Morgan fingerprint density at radius 2 is 1.64 bits per heavy atom. The van der Waals surface area contributed by atoms with Crippen LogP contribution in [0.5, 0.6) is 5.75 Å². The van der Waals surface area contributed by atoms with Crippen LogP contribution in [-0.4, -0.2) is 37.2 Å². The number of carbonyl (C=O) groups is 3. The Morgan fingerprint density at radius 3 is 2.29 bits per heavy atom. The third kappa shape index (κ3) is 6.12. The second-order valence-corrected chi connectivity index (χ2v) is 6.08. The number of hydrogen-bond acceptors (Lipinski definition) is 6. The first-order chi connectivity index (χ1) is 13.4. The zero-order valence-corrected chi connectivity index (χ0v) is 16.1. The zero-order chi connectivity index (χ0) is 20.5. The highest BCUT2D eigenvalue weighted by molar-refractivity contribution is 5.97. The number of nitrogens with one attached hydrogen (secondary N) is 1. The molecule has 2 rings (SSSR count). The highest BCUT2D eigenvalue weighted by atomic mass is 16.5. The van der Waals surface area contributed by atoms with E-state index in [4.69, 9.17) is 14.2 Å². The van der Waals surface area contributed by atoms with Gasteiger partial charge in [0.1, 0.15) is 11.3 Å². The lowest BCUT2D eigenvalue weighted by atomic mass is 10.2. The molecule has 1 amide bonds. The van der Waals surface area contributed by atoms with Crippen LogP contribution in [0.4, 0.5) is 5.69 Å². The first-order valence-corrected chi connectivity index (χ1v) is 8.90. The van der Waals surface area contributed by atoms with E-state index < -0.39 is 24.5 Å². The number of esters is 2. The van der Waals surface area contributed by atoms with Crippen molar-refractivity contribution in [3.05, 3.63) is 59.7 Å². The minimum absolute atomic E-state index is 0.213. The van der Waals surface area contributed by atoms with Gasteiger partial charge in [0.05, 0.1) is 18.3 Å². The molecular weight excluding hydrogens is 362 g/mol. The average Bonchev–Trinajstić information content (AvgIpc) is 2.67. The summed E-state index contributed by atoms with van der Waals surface area (Å²) in [6.45, 7) is 5.30. The average molecular weight is 385 g/mol.